The molecule has 4 nitrogen and oxygen atoms in total. The molecule has 0 saturated carbocycles. The fourth-order valence-electron chi connectivity index (χ4n) is 3.01. The van der Waals surface area contributed by atoms with E-state index < -0.39 is 0 Å². The number of nitrogens with one attached hydrogen (secondary N) is 1. The van der Waals surface area contributed by atoms with Gasteiger partial charge in [0.1, 0.15) is 0 Å². The van der Waals surface area contributed by atoms with Crippen molar-refractivity contribution in [3.63, 3.8) is 0 Å². The Hall–Kier alpha value is -1.41. The van der Waals surface area contributed by atoms with Crippen LogP contribution in [0.3, 0.4) is 0 Å². The summed E-state index contributed by atoms with van der Waals surface area (Å²) in [7, 11) is 0. The summed E-state index contributed by atoms with van der Waals surface area (Å²) >= 11 is 0. The van der Waals surface area contributed by atoms with E-state index >= 15 is 0 Å². The number of hydrogen-bond acceptors (Lipinski definition) is 4. The maximum absolute atomic E-state index is 9.83. The van der Waals surface area contributed by atoms with E-state index in [0.717, 1.165) is 51.0 Å². The molecular formula is C19H29N3O. The van der Waals surface area contributed by atoms with Crippen molar-refractivity contribution in [3.8, 4) is 6.07 Å². The van der Waals surface area contributed by atoms with Gasteiger partial charge in [-0.2, -0.15) is 5.26 Å². The molecule has 0 radical (unpaired) electrons. The fourth-order valence-corrected chi connectivity index (χ4v) is 3.01. The van der Waals surface area contributed by atoms with E-state index in [9.17, 15) is 5.11 Å². The normalized spacial score (nSPS) is 18.0. The second-order valence-corrected chi connectivity index (χ2v) is 6.91. The zero-order chi connectivity index (χ0) is 16.7. The Morgan fingerprint density at radius 3 is 2.48 bits per heavy atom. The van der Waals surface area contributed by atoms with Crippen LogP contribution in [0.25, 0.3) is 0 Å². The highest BCUT2D eigenvalue weighted by Crippen LogP contribution is 2.15. The molecule has 1 aromatic carbocycles. The molecule has 2 N–H and O–H groups in total. The van der Waals surface area contributed by atoms with Gasteiger partial charge in [-0.3, -0.25) is 4.90 Å². The van der Waals surface area contributed by atoms with E-state index in [1.165, 1.54) is 5.56 Å². The van der Waals surface area contributed by atoms with Crippen molar-refractivity contribution in [2.24, 2.45) is 5.92 Å². The van der Waals surface area contributed by atoms with Crippen LogP contribution in [0.4, 0.5) is 0 Å². The monoisotopic (exact) mass is 315 g/mol. The lowest BCUT2D eigenvalue weighted by molar-refractivity contribution is 0.112. The minimum atomic E-state index is -0.195. The topological polar surface area (TPSA) is 59.3 Å². The summed E-state index contributed by atoms with van der Waals surface area (Å²) < 4.78 is 0. The Labute approximate surface area is 140 Å². The third kappa shape index (κ3) is 5.95. The first kappa shape index (κ1) is 17.9. The molecule has 1 atom stereocenters. The van der Waals surface area contributed by atoms with Gasteiger partial charge in [-0.05, 0) is 62.5 Å². The van der Waals surface area contributed by atoms with E-state index in [-0.39, 0.29) is 6.10 Å². The Bertz CT molecular complexity index is 498. The van der Waals surface area contributed by atoms with Crippen molar-refractivity contribution >= 4 is 0 Å². The van der Waals surface area contributed by atoms with E-state index in [4.69, 9.17) is 5.26 Å². The zero-order valence-electron chi connectivity index (χ0n) is 14.3. The quantitative estimate of drug-likeness (QED) is 0.812. The van der Waals surface area contributed by atoms with Crippen LogP contribution in [-0.4, -0.2) is 41.8 Å². The van der Waals surface area contributed by atoms with Crippen LogP contribution in [-0.2, 0) is 6.54 Å². The molecule has 1 saturated heterocycles. The van der Waals surface area contributed by atoms with Crippen LogP contribution in [0, 0.1) is 17.2 Å². The number of nitrogens with zero attached hydrogens (tertiary/aromatic N) is 2. The highest BCUT2D eigenvalue weighted by atomic mass is 16.3. The molecule has 0 spiro atoms. The predicted molar refractivity (Wildman–Crippen MR) is 92.9 cm³/mol. The summed E-state index contributed by atoms with van der Waals surface area (Å²) in [6.07, 6.45) is 2.96. The molecule has 1 fully saturated rings. The van der Waals surface area contributed by atoms with Gasteiger partial charge in [-0.15, -0.1) is 0 Å². The smallest absolute Gasteiger partial charge is 0.0991 e. The van der Waals surface area contributed by atoms with Crippen molar-refractivity contribution in [3.05, 3.63) is 35.4 Å². The molecule has 1 heterocycles. The summed E-state index contributed by atoms with van der Waals surface area (Å²) in [6, 6.07) is 10.6. The van der Waals surface area contributed by atoms with Crippen molar-refractivity contribution in [2.45, 2.75) is 51.8 Å². The number of piperidine rings is 1. The molecule has 2 rings (SSSR count). The number of likely N-dealkylation sites (tertiary alicyclic amines) is 1. The van der Waals surface area contributed by atoms with Crippen LogP contribution >= 0.6 is 0 Å². The highest BCUT2D eigenvalue weighted by molar-refractivity contribution is 5.31. The maximum Gasteiger partial charge on any atom is 0.0991 e. The fraction of sp³-hybridized carbons (Fsp3) is 0.632. The van der Waals surface area contributed by atoms with Crippen LogP contribution < -0.4 is 5.32 Å². The Morgan fingerprint density at radius 2 is 1.91 bits per heavy atom. The molecule has 1 aromatic rings. The van der Waals surface area contributed by atoms with Crippen molar-refractivity contribution in [1.29, 1.82) is 5.26 Å². The van der Waals surface area contributed by atoms with Gasteiger partial charge in [0.15, 0.2) is 0 Å². The number of benzene rings is 1. The lowest BCUT2D eigenvalue weighted by Crippen LogP contribution is -2.43. The number of aliphatic hydroxyl groups excluding tert-OH is 1. The van der Waals surface area contributed by atoms with E-state index in [1.54, 1.807) is 0 Å². The SMILES string of the molecule is CC(C)C(O)CCNC1CCN(Cc2ccc(C#N)cc2)CC1. The Balaban J connectivity index is 1.66. The van der Waals surface area contributed by atoms with E-state index in [0.29, 0.717) is 12.0 Å². The Morgan fingerprint density at radius 1 is 1.26 bits per heavy atom. The first-order valence-electron chi connectivity index (χ1n) is 8.71. The van der Waals surface area contributed by atoms with Gasteiger partial charge in [-0.25, -0.2) is 0 Å². The number of aliphatic hydroxyl groups is 1. The van der Waals surface area contributed by atoms with Crippen LogP contribution in [0.2, 0.25) is 0 Å². The average molecular weight is 315 g/mol. The summed E-state index contributed by atoms with van der Waals surface area (Å²) in [5.74, 6) is 0.339. The molecule has 0 bridgehead atoms. The second kappa shape index (κ2) is 9.02. The third-order valence-corrected chi connectivity index (χ3v) is 4.72. The van der Waals surface area contributed by atoms with Crippen molar-refractivity contribution < 1.29 is 5.11 Å². The molecule has 1 aliphatic heterocycles. The minimum Gasteiger partial charge on any atom is -0.393 e. The average Bonchev–Trinajstić information content (AvgIpc) is 2.57. The first-order valence-corrected chi connectivity index (χ1v) is 8.71. The van der Waals surface area contributed by atoms with Crippen LogP contribution in [0.1, 0.15) is 44.2 Å². The van der Waals surface area contributed by atoms with Crippen molar-refractivity contribution in [1.82, 2.24) is 10.2 Å². The highest BCUT2D eigenvalue weighted by Gasteiger charge is 2.19. The lowest BCUT2D eigenvalue weighted by Gasteiger charge is -2.32. The molecule has 0 amide bonds. The summed E-state index contributed by atoms with van der Waals surface area (Å²) in [5, 5.41) is 22.2. The van der Waals surface area contributed by atoms with Gasteiger partial charge in [0.05, 0.1) is 17.7 Å². The van der Waals surface area contributed by atoms with Gasteiger partial charge < -0.3 is 10.4 Å². The molecule has 1 aliphatic rings. The molecule has 126 valence electrons. The Kier molecular flexibility index (Phi) is 7.04. The molecule has 23 heavy (non-hydrogen) atoms. The minimum absolute atomic E-state index is 0.195. The molecule has 4 heteroatoms. The van der Waals surface area contributed by atoms with Gasteiger partial charge in [0.25, 0.3) is 0 Å². The van der Waals surface area contributed by atoms with Crippen molar-refractivity contribution in [2.75, 3.05) is 19.6 Å². The van der Waals surface area contributed by atoms with E-state index in [1.807, 2.05) is 12.1 Å². The third-order valence-electron chi connectivity index (χ3n) is 4.72. The van der Waals surface area contributed by atoms with Gasteiger partial charge >= 0.3 is 0 Å². The second-order valence-electron chi connectivity index (χ2n) is 6.91. The zero-order valence-corrected chi connectivity index (χ0v) is 14.3. The molecule has 0 aromatic heterocycles. The van der Waals surface area contributed by atoms with Crippen LogP contribution in [0.15, 0.2) is 24.3 Å². The maximum atomic E-state index is 9.83. The van der Waals surface area contributed by atoms with Gasteiger partial charge in [-0.1, -0.05) is 26.0 Å². The number of rotatable bonds is 7. The summed E-state index contributed by atoms with van der Waals surface area (Å²) in [5.41, 5.74) is 2.00. The molecular weight excluding hydrogens is 286 g/mol. The van der Waals surface area contributed by atoms with E-state index in [2.05, 4.69) is 42.3 Å². The summed E-state index contributed by atoms with van der Waals surface area (Å²) in [4.78, 5) is 2.47. The standard InChI is InChI=1S/C19H29N3O/c1-15(2)19(23)7-10-21-18-8-11-22(12-9-18)14-17-5-3-16(13-20)4-6-17/h3-6,15,18-19,21,23H,7-12,14H2,1-2H3. The number of nitriles is 1. The van der Waals surface area contributed by atoms with Gasteiger partial charge in [0, 0.05) is 12.6 Å². The lowest BCUT2D eigenvalue weighted by atomic mass is 10.0. The molecule has 1 unspecified atom stereocenters. The predicted octanol–water partition coefficient (Wildman–Crippen LogP) is 2.52. The molecule has 0 aliphatic carbocycles. The first-order chi connectivity index (χ1) is 11.1. The number of hydrogen-bond donors (Lipinski definition) is 2. The summed E-state index contributed by atoms with van der Waals surface area (Å²) in [6.45, 7) is 8.19. The van der Waals surface area contributed by atoms with Crippen LogP contribution in [0.5, 0.6) is 0 Å². The van der Waals surface area contributed by atoms with Gasteiger partial charge in [0.2, 0.25) is 0 Å². The largest absolute Gasteiger partial charge is 0.393 e.